The number of para-hydroxylation sites is 2. The normalized spacial score (nSPS) is 11.4. The average Bonchev–Trinajstić information content (AvgIpc) is 3.40. The Bertz CT molecular complexity index is 2070. The van der Waals surface area contributed by atoms with Gasteiger partial charge in [-0.15, -0.1) is 0 Å². The molecule has 0 bridgehead atoms. The summed E-state index contributed by atoms with van der Waals surface area (Å²) in [5, 5.41) is 9.11. The Labute approximate surface area is 253 Å². The number of aryl methyl sites for hydroxylation is 1. The molecule has 0 aliphatic carbocycles. The molecule has 0 unspecified atom stereocenters. The first-order valence-electron chi connectivity index (χ1n) is 12.9. The molecule has 0 spiro atoms. The van der Waals surface area contributed by atoms with Crippen LogP contribution in [0.4, 0.5) is 5.69 Å². The lowest BCUT2D eigenvalue weighted by Gasteiger charge is -2.11. The third-order valence-corrected chi connectivity index (χ3v) is 7.36. The monoisotopic (exact) mass is 640 g/mol. The predicted octanol–water partition coefficient (Wildman–Crippen LogP) is 7.43. The highest BCUT2D eigenvalue weighted by atomic mass is 79.9. The zero-order chi connectivity index (χ0) is 29.2. The molecule has 6 aromatic rings. The number of carbonyl (C=O) groups excluding carboxylic acids is 1. The van der Waals surface area contributed by atoms with Gasteiger partial charge in [-0.05, 0) is 94.6 Å². The van der Waals surface area contributed by atoms with Crippen LogP contribution in [0, 0.1) is 6.92 Å². The largest absolute Gasteiger partial charge is 0.483 e. The van der Waals surface area contributed by atoms with Gasteiger partial charge in [-0.25, -0.2) is 4.98 Å². The highest BCUT2D eigenvalue weighted by molar-refractivity contribution is 9.10. The van der Waals surface area contributed by atoms with E-state index in [1.54, 1.807) is 66.9 Å². The van der Waals surface area contributed by atoms with Crippen LogP contribution >= 0.6 is 27.5 Å². The molecular weight excluding hydrogens is 620 g/mol. The Balaban J connectivity index is 1.27. The second-order valence-electron chi connectivity index (χ2n) is 9.45. The van der Waals surface area contributed by atoms with Crippen molar-refractivity contribution < 1.29 is 13.9 Å². The number of rotatable bonds is 7. The fourth-order valence-corrected chi connectivity index (χ4v) is 5.09. The average molecular weight is 642 g/mol. The van der Waals surface area contributed by atoms with E-state index in [-0.39, 0.29) is 23.9 Å². The van der Waals surface area contributed by atoms with Gasteiger partial charge < -0.3 is 14.5 Å². The first-order valence-corrected chi connectivity index (χ1v) is 14.1. The number of anilines is 1. The molecule has 0 fully saturated rings. The van der Waals surface area contributed by atoms with Gasteiger partial charge in [-0.3, -0.25) is 9.59 Å². The van der Waals surface area contributed by atoms with Crippen molar-refractivity contribution >= 4 is 67.2 Å². The second kappa shape index (κ2) is 11.6. The van der Waals surface area contributed by atoms with E-state index >= 15 is 0 Å². The van der Waals surface area contributed by atoms with Crippen molar-refractivity contribution in [2.24, 2.45) is 5.10 Å². The van der Waals surface area contributed by atoms with Crippen LogP contribution in [-0.4, -0.2) is 28.4 Å². The lowest BCUT2D eigenvalue weighted by atomic mass is 10.2. The maximum atomic E-state index is 13.5. The van der Waals surface area contributed by atoms with Crippen LogP contribution in [-0.2, 0) is 4.79 Å². The fraction of sp³-hybridized carbons (Fsp3) is 0.0625. The number of fused-ring (bicyclic) bond motifs is 2. The quantitative estimate of drug-likeness (QED) is 0.183. The third-order valence-electron chi connectivity index (χ3n) is 6.51. The molecule has 1 N–H and O–H groups in total. The van der Waals surface area contributed by atoms with E-state index in [9.17, 15) is 9.59 Å². The number of hydrogen-bond acceptors (Lipinski definition) is 6. The molecule has 2 aromatic heterocycles. The van der Waals surface area contributed by atoms with E-state index < -0.39 is 0 Å². The molecule has 0 saturated carbocycles. The summed E-state index contributed by atoms with van der Waals surface area (Å²) in [4.78, 5) is 30.6. The van der Waals surface area contributed by atoms with E-state index in [0.29, 0.717) is 43.1 Å². The van der Waals surface area contributed by atoms with Gasteiger partial charge in [0.2, 0.25) is 5.82 Å². The lowest BCUT2D eigenvalue weighted by Crippen LogP contribution is -2.20. The molecule has 8 nitrogen and oxygen atoms in total. The Morgan fingerprint density at radius 3 is 2.71 bits per heavy atom. The molecular formula is C32H22BrClN4O4. The Morgan fingerprint density at radius 2 is 1.88 bits per heavy atom. The van der Waals surface area contributed by atoms with E-state index in [0.717, 1.165) is 16.6 Å². The third kappa shape index (κ3) is 5.70. The molecule has 1 amide bonds. The van der Waals surface area contributed by atoms with Crippen LogP contribution in [0.1, 0.15) is 11.1 Å². The van der Waals surface area contributed by atoms with Crippen molar-refractivity contribution in [1.29, 1.82) is 0 Å². The van der Waals surface area contributed by atoms with Crippen LogP contribution in [0.25, 0.3) is 33.5 Å². The summed E-state index contributed by atoms with van der Waals surface area (Å²) >= 11 is 9.66. The molecule has 208 valence electrons. The maximum absolute atomic E-state index is 13.5. The summed E-state index contributed by atoms with van der Waals surface area (Å²) in [5.74, 6) is 0.839. The summed E-state index contributed by atoms with van der Waals surface area (Å²) in [7, 11) is 0. The molecule has 0 aliphatic heterocycles. The number of nitrogens with zero attached hydrogens (tertiary/aromatic N) is 3. The minimum Gasteiger partial charge on any atom is -0.483 e. The van der Waals surface area contributed by atoms with Crippen LogP contribution in [0.5, 0.6) is 5.75 Å². The Kier molecular flexibility index (Phi) is 7.60. The fourth-order valence-electron chi connectivity index (χ4n) is 4.40. The van der Waals surface area contributed by atoms with Crippen molar-refractivity contribution in [3.8, 4) is 17.3 Å². The van der Waals surface area contributed by atoms with Crippen LogP contribution in [0.15, 0.2) is 110 Å². The molecule has 0 atom stereocenters. The van der Waals surface area contributed by atoms with E-state index in [2.05, 4.69) is 26.3 Å². The standard InChI is InChI=1S/C32H22BrClN4O4/c1-19-6-2-4-8-25(19)36-30(39)18-41-28-12-10-20(14-24(28)33)17-35-38-31(37-26-9-5-3-7-23(26)32(38)40)29-16-21-15-22(34)11-13-27(21)42-29/h2-17H,18H2,1H3,(H,36,39). The smallest absolute Gasteiger partial charge is 0.282 e. The molecule has 2 heterocycles. The number of hydrogen-bond donors (Lipinski definition) is 1. The first-order chi connectivity index (χ1) is 20.4. The van der Waals surface area contributed by atoms with Crippen LogP contribution in [0.2, 0.25) is 5.02 Å². The van der Waals surface area contributed by atoms with Gasteiger partial charge in [-0.1, -0.05) is 41.9 Å². The van der Waals surface area contributed by atoms with E-state index in [1.807, 2.05) is 37.3 Å². The Morgan fingerprint density at radius 1 is 1.07 bits per heavy atom. The van der Waals surface area contributed by atoms with Gasteiger partial charge in [0.25, 0.3) is 11.5 Å². The number of nitrogens with one attached hydrogen (secondary N) is 1. The van der Waals surface area contributed by atoms with Crippen molar-refractivity contribution in [1.82, 2.24) is 9.66 Å². The van der Waals surface area contributed by atoms with Gasteiger partial charge >= 0.3 is 0 Å². The van der Waals surface area contributed by atoms with Crippen molar-refractivity contribution in [2.45, 2.75) is 6.92 Å². The lowest BCUT2D eigenvalue weighted by molar-refractivity contribution is -0.118. The minimum atomic E-state index is -0.343. The summed E-state index contributed by atoms with van der Waals surface area (Å²) in [6.07, 6.45) is 1.54. The molecule has 42 heavy (non-hydrogen) atoms. The van der Waals surface area contributed by atoms with Crippen LogP contribution < -0.4 is 15.6 Å². The minimum absolute atomic E-state index is 0.162. The highest BCUT2D eigenvalue weighted by Gasteiger charge is 2.17. The van der Waals surface area contributed by atoms with Gasteiger partial charge in [0.1, 0.15) is 11.3 Å². The highest BCUT2D eigenvalue weighted by Crippen LogP contribution is 2.29. The predicted molar refractivity (Wildman–Crippen MR) is 169 cm³/mol. The van der Waals surface area contributed by atoms with Gasteiger partial charge in [0.15, 0.2) is 12.4 Å². The van der Waals surface area contributed by atoms with Crippen LogP contribution in [0.3, 0.4) is 0 Å². The molecule has 10 heteroatoms. The number of amides is 1. The molecule has 0 aliphatic rings. The van der Waals surface area contributed by atoms with Gasteiger partial charge in [0, 0.05) is 16.1 Å². The van der Waals surface area contributed by atoms with E-state index in [1.165, 1.54) is 4.68 Å². The summed E-state index contributed by atoms with van der Waals surface area (Å²) < 4.78 is 13.6. The number of benzene rings is 4. The molecule has 4 aromatic carbocycles. The summed E-state index contributed by atoms with van der Waals surface area (Å²) in [5.41, 5.74) is 3.17. The maximum Gasteiger partial charge on any atom is 0.282 e. The number of aromatic nitrogens is 2. The van der Waals surface area contributed by atoms with Gasteiger partial charge in [0.05, 0.1) is 21.6 Å². The number of furan rings is 1. The molecule has 0 saturated heterocycles. The summed E-state index contributed by atoms with van der Waals surface area (Å²) in [6, 6.07) is 26.9. The Hall–Kier alpha value is -4.73. The number of ether oxygens (including phenoxy) is 1. The van der Waals surface area contributed by atoms with Crippen molar-refractivity contribution in [2.75, 3.05) is 11.9 Å². The second-order valence-corrected chi connectivity index (χ2v) is 10.7. The molecule has 6 rings (SSSR count). The van der Waals surface area contributed by atoms with E-state index in [4.69, 9.17) is 25.7 Å². The first kappa shape index (κ1) is 27.4. The molecule has 0 radical (unpaired) electrons. The topological polar surface area (TPSA) is 98.7 Å². The zero-order valence-corrected chi connectivity index (χ0v) is 24.5. The SMILES string of the molecule is Cc1ccccc1NC(=O)COc1ccc(C=Nn2c(-c3cc4cc(Cl)ccc4o3)nc3ccccc3c2=O)cc1Br. The van der Waals surface area contributed by atoms with Crippen molar-refractivity contribution in [3.63, 3.8) is 0 Å². The van der Waals surface area contributed by atoms with Crippen molar-refractivity contribution in [3.05, 3.63) is 122 Å². The zero-order valence-electron chi connectivity index (χ0n) is 22.2. The summed E-state index contributed by atoms with van der Waals surface area (Å²) in [6.45, 7) is 1.76. The number of halogens is 2. The van der Waals surface area contributed by atoms with Gasteiger partial charge in [-0.2, -0.15) is 9.78 Å². The number of carbonyl (C=O) groups is 1.